The maximum Gasteiger partial charge on any atom is 0.142 e. The third kappa shape index (κ3) is 1.55. The van der Waals surface area contributed by atoms with Crippen LogP contribution < -0.4 is 11.5 Å². The maximum absolute atomic E-state index is 5.95. The number of rotatable bonds is 1. The first kappa shape index (κ1) is 10.5. The smallest absolute Gasteiger partial charge is 0.142 e. The Bertz CT molecular complexity index is 731. The number of aryl methyl sites for hydroxylation is 1. The first-order valence-corrected chi connectivity index (χ1v) is 5.45. The van der Waals surface area contributed by atoms with Crippen molar-refractivity contribution in [3.8, 4) is 11.1 Å². The van der Waals surface area contributed by atoms with Crippen molar-refractivity contribution in [1.29, 1.82) is 0 Å². The van der Waals surface area contributed by atoms with Crippen molar-refractivity contribution in [2.75, 3.05) is 11.5 Å². The van der Waals surface area contributed by atoms with Crippen molar-refractivity contribution in [2.24, 2.45) is 7.05 Å². The standard InChI is InChI=1S/C12H12N6/c1-18-12(14)8(5-16-18)7-2-3-9-10(4-7)15-6-11(13)17-9/h2-6H,14H2,1H3,(H2,13,17). The van der Waals surface area contributed by atoms with Crippen LogP contribution in [0, 0.1) is 0 Å². The molecule has 0 aliphatic heterocycles. The minimum atomic E-state index is 0.413. The van der Waals surface area contributed by atoms with Crippen LogP contribution in [0.1, 0.15) is 0 Å². The van der Waals surface area contributed by atoms with Gasteiger partial charge in [0.05, 0.1) is 23.4 Å². The van der Waals surface area contributed by atoms with Crippen molar-refractivity contribution in [2.45, 2.75) is 0 Å². The highest BCUT2D eigenvalue weighted by atomic mass is 15.3. The molecule has 0 bridgehead atoms. The van der Waals surface area contributed by atoms with E-state index < -0.39 is 0 Å². The molecule has 0 fully saturated rings. The second kappa shape index (κ2) is 3.69. The van der Waals surface area contributed by atoms with Crippen molar-refractivity contribution < 1.29 is 0 Å². The second-order valence-electron chi connectivity index (χ2n) is 4.07. The Morgan fingerprint density at radius 2 is 1.94 bits per heavy atom. The predicted molar refractivity (Wildman–Crippen MR) is 70.6 cm³/mol. The van der Waals surface area contributed by atoms with Gasteiger partial charge in [-0.3, -0.25) is 9.67 Å². The topological polar surface area (TPSA) is 95.6 Å². The highest BCUT2D eigenvalue weighted by molar-refractivity contribution is 5.84. The van der Waals surface area contributed by atoms with Gasteiger partial charge in [0.25, 0.3) is 0 Å². The molecule has 6 heteroatoms. The molecule has 2 heterocycles. The zero-order chi connectivity index (χ0) is 12.7. The van der Waals surface area contributed by atoms with Crippen LogP contribution >= 0.6 is 0 Å². The average Bonchev–Trinajstić information content (AvgIpc) is 2.69. The summed E-state index contributed by atoms with van der Waals surface area (Å²) in [6, 6.07) is 5.74. The number of aromatic nitrogens is 4. The van der Waals surface area contributed by atoms with Crippen LogP contribution in [0.15, 0.2) is 30.6 Å². The lowest BCUT2D eigenvalue weighted by molar-refractivity contribution is 0.779. The Balaban J connectivity index is 2.19. The van der Waals surface area contributed by atoms with Gasteiger partial charge >= 0.3 is 0 Å². The molecule has 0 amide bonds. The number of benzene rings is 1. The summed E-state index contributed by atoms with van der Waals surface area (Å²) in [6.07, 6.45) is 3.28. The second-order valence-corrected chi connectivity index (χ2v) is 4.07. The SMILES string of the molecule is Cn1ncc(-c2ccc3nc(N)cnc3c2)c1N. The number of hydrogen-bond donors (Lipinski definition) is 2. The van der Waals surface area contributed by atoms with Crippen LogP contribution in [0.3, 0.4) is 0 Å². The minimum Gasteiger partial charge on any atom is -0.383 e. The third-order valence-electron chi connectivity index (χ3n) is 2.86. The van der Waals surface area contributed by atoms with Crippen LogP contribution in [0.25, 0.3) is 22.2 Å². The number of fused-ring (bicyclic) bond motifs is 1. The minimum absolute atomic E-state index is 0.413. The monoisotopic (exact) mass is 240 g/mol. The highest BCUT2D eigenvalue weighted by Gasteiger charge is 2.08. The fraction of sp³-hybridized carbons (Fsp3) is 0.0833. The summed E-state index contributed by atoms with van der Waals surface area (Å²) in [5, 5.41) is 4.12. The molecule has 0 aliphatic carbocycles. The molecular weight excluding hydrogens is 228 g/mol. The van der Waals surface area contributed by atoms with Crippen molar-refractivity contribution in [1.82, 2.24) is 19.7 Å². The first-order chi connectivity index (χ1) is 8.65. The predicted octanol–water partition coefficient (Wildman–Crippen LogP) is 1.19. The molecule has 0 saturated heterocycles. The Morgan fingerprint density at radius 3 is 2.67 bits per heavy atom. The molecular formula is C12H12N6. The number of nitrogen functional groups attached to an aromatic ring is 2. The molecule has 6 nitrogen and oxygen atoms in total. The lowest BCUT2D eigenvalue weighted by atomic mass is 10.1. The van der Waals surface area contributed by atoms with Gasteiger partial charge in [-0.15, -0.1) is 0 Å². The molecule has 4 N–H and O–H groups in total. The van der Waals surface area contributed by atoms with E-state index >= 15 is 0 Å². The van der Waals surface area contributed by atoms with Crippen LogP contribution in [0.4, 0.5) is 11.6 Å². The maximum atomic E-state index is 5.95. The molecule has 1 aromatic carbocycles. The molecule has 3 aromatic rings. The van der Waals surface area contributed by atoms with E-state index in [4.69, 9.17) is 11.5 Å². The fourth-order valence-electron chi connectivity index (χ4n) is 1.86. The van der Waals surface area contributed by atoms with Gasteiger partial charge in [-0.05, 0) is 17.7 Å². The van der Waals surface area contributed by atoms with Gasteiger partial charge in [-0.25, -0.2) is 4.98 Å². The van der Waals surface area contributed by atoms with Gasteiger partial charge < -0.3 is 11.5 Å². The molecule has 0 saturated carbocycles. The molecule has 0 spiro atoms. The summed E-state index contributed by atoms with van der Waals surface area (Å²) in [4.78, 5) is 8.45. The van der Waals surface area contributed by atoms with Gasteiger partial charge in [-0.1, -0.05) is 6.07 Å². The lowest BCUT2D eigenvalue weighted by Gasteiger charge is -2.03. The molecule has 0 unspecified atom stereocenters. The summed E-state index contributed by atoms with van der Waals surface area (Å²) >= 11 is 0. The van der Waals surface area contributed by atoms with Gasteiger partial charge in [0.15, 0.2) is 0 Å². The van der Waals surface area contributed by atoms with Crippen LogP contribution in [-0.4, -0.2) is 19.7 Å². The van der Waals surface area contributed by atoms with E-state index in [9.17, 15) is 0 Å². The van der Waals surface area contributed by atoms with Crippen LogP contribution in [0.2, 0.25) is 0 Å². The molecule has 3 rings (SSSR count). The molecule has 2 aromatic heterocycles. The van der Waals surface area contributed by atoms with E-state index in [1.807, 2.05) is 18.2 Å². The first-order valence-electron chi connectivity index (χ1n) is 5.45. The molecule has 90 valence electrons. The molecule has 0 radical (unpaired) electrons. The lowest BCUT2D eigenvalue weighted by Crippen LogP contribution is -1.98. The number of hydrogen-bond acceptors (Lipinski definition) is 5. The Kier molecular flexibility index (Phi) is 2.16. The van der Waals surface area contributed by atoms with E-state index in [0.29, 0.717) is 11.6 Å². The Morgan fingerprint density at radius 1 is 1.11 bits per heavy atom. The fourth-order valence-corrected chi connectivity index (χ4v) is 1.86. The third-order valence-corrected chi connectivity index (χ3v) is 2.86. The van der Waals surface area contributed by atoms with Crippen molar-refractivity contribution in [3.63, 3.8) is 0 Å². The van der Waals surface area contributed by atoms with Crippen LogP contribution in [0.5, 0.6) is 0 Å². The average molecular weight is 240 g/mol. The van der Waals surface area contributed by atoms with E-state index in [-0.39, 0.29) is 0 Å². The summed E-state index contributed by atoms with van der Waals surface area (Å²) in [7, 11) is 1.81. The van der Waals surface area contributed by atoms with E-state index in [1.54, 1.807) is 24.1 Å². The normalized spacial score (nSPS) is 10.9. The Hall–Kier alpha value is -2.63. The van der Waals surface area contributed by atoms with Crippen molar-refractivity contribution in [3.05, 3.63) is 30.6 Å². The number of nitrogens with two attached hydrogens (primary N) is 2. The number of anilines is 2. The van der Waals surface area contributed by atoms with Gasteiger partial charge in [0, 0.05) is 12.6 Å². The Labute approximate surface area is 103 Å². The van der Waals surface area contributed by atoms with E-state index in [0.717, 1.165) is 22.2 Å². The zero-order valence-electron chi connectivity index (χ0n) is 9.83. The van der Waals surface area contributed by atoms with Gasteiger partial charge in [0.1, 0.15) is 11.6 Å². The quantitative estimate of drug-likeness (QED) is 0.666. The summed E-state index contributed by atoms with van der Waals surface area (Å²) < 4.78 is 1.63. The van der Waals surface area contributed by atoms with Gasteiger partial charge in [0.2, 0.25) is 0 Å². The summed E-state index contributed by atoms with van der Waals surface area (Å²) in [5.74, 6) is 1.04. The molecule has 0 atom stereocenters. The zero-order valence-corrected chi connectivity index (χ0v) is 9.83. The van der Waals surface area contributed by atoms with Crippen molar-refractivity contribution >= 4 is 22.7 Å². The van der Waals surface area contributed by atoms with E-state index in [2.05, 4.69) is 15.1 Å². The summed E-state index contributed by atoms with van der Waals surface area (Å²) in [6.45, 7) is 0. The highest BCUT2D eigenvalue weighted by Crippen LogP contribution is 2.27. The van der Waals surface area contributed by atoms with Crippen LogP contribution in [-0.2, 0) is 7.05 Å². The largest absolute Gasteiger partial charge is 0.383 e. The van der Waals surface area contributed by atoms with E-state index in [1.165, 1.54) is 0 Å². The van der Waals surface area contributed by atoms with Gasteiger partial charge in [-0.2, -0.15) is 5.10 Å². The number of nitrogens with zero attached hydrogens (tertiary/aromatic N) is 4. The summed E-state index contributed by atoms with van der Waals surface area (Å²) in [5.41, 5.74) is 14.9. The molecule has 18 heavy (non-hydrogen) atoms. The molecule has 0 aliphatic rings.